The Balaban J connectivity index is 1.86. The van der Waals surface area contributed by atoms with E-state index in [-0.39, 0.29) is 0 Å². The van der Waals surface area contributed by atoms with Crippen molar-refractivity contribution in [3.05, 3.63) is 35.0 Å². The Hall–Kier alpha value is -0.990. The minimum absolute atomic E-state index is 0.550. The SMILES string of the molecule is CCNCC1CCCCC1c1cc2cc(Cl)ccc2o1. The first kappa shape index (κ1) is 14.0. The first-order valence-corrected chi connectivity index (χ1v) is 8.05. The maximum absolute atomic E-state index is 6.09. The second kappa shape index (κ2) is 6.19. The van der Waals surface area contributed by atoms with Crippen molar-refractivity contribution in [2.45, 2.75) is 38.5 Å². The Labute approximate surface area is 125 Å². The Morgan fingerprint density at radius 2 is 2.10 bits per heavy atom. The topological polar surface area (TPSA) is 25.2 Å². The van der Waals surface area contributed by atoms with Crippen LogP contribution in [0.1, 0.15) is 44.3 Å². The lowest BCUT2D eigenvalue weighted by Gasteiger charge is -2.30. The van der Waals surface area contributed by atoms with Crippen LogP contribution in [0.5, 0.6) is 0 Å². The molecule has 3 heteroatoms. The molecule has 1 aliphatic carbocycles. The van der Waals surface area contributed by atoms with E-state index in [2.05, 4.69) is 18.3 Å². The molecule has 1 aromatic carbocycles. The third-order valence-corrected chi connectivity index (χ3v) is 4.66. The normalized spacial score (nSPS) is 23.3. The van der Waals surface area contributed by atoms with Gasteiger partial charge < -0.3 is 9.73 Å². The molecule has 1 heterocycles. The smallest absolute Gasteiger partial charge is 0.134 e. The van der Waals surface area contributed by atoms with E-state index in [1.165, 1.54) is 25.7 Å². The molecule has 3 rings (SSSR count). The van der Waals surface area contributed by atoms with E-state index in [9.17, 15) is 0 Å². The van der Waals surface area contributed by atoms with Gasteiger partial charge in [0.2, 0.25) is 0 Å². The highest BCUT2D eigenvalue weighted by molar-refractivity contribution is 6.31. The molecule has 0 spiro atoms. The molecule has 1 saturated carbocycles. The van der Waals surface area contributed by atoms with Crippen LogP contribution >= 0.6 is 11.6 Å². The Morgan fingerprint density at radius 1 is 1.25 bits per heavy atom. The third kappa shape index (κ3) is 2.87. The van der Waals surface area contributed by atoms with Gasteiger partial charge in [-0.3, -0.25) is 0 Å². The summed E-state index contributed by atoms with van der Waals surface area (Å²) in [6, 6.07) is 8.06. The molecule has 0 amide bonds. The van der Waals surface area contributed by atoms with E-state index in [1.54, 1.807) is 0 Å². The molecule has 2 nitrogen and oxygen atoms in total. The number of hydrogen-bond donors (Lipinski definition) is 1. The van der Waals surface area contributed by atoms with Crippen LogP contribution in [0.2, 0.25) is 5.02 Å². The highest BCUT2D eigenvalue weighted by atomic mass is 35.5. The first-order chi connectivity index (χ1) is 9.78. The van der Waals surface area contributed by atoms with E-state index < -0.39 is 0 Å². The van der Waals surface area contributed by atoms with Gasteiger partial charge in [0, 0.05) is 16.3 Å². The van der Waals surface area contributed by atoms with E-state index in [0.717, 1.165) is 34.8 Å². The Bertz CT molecular complexity index is 577. The summed E-state index contributed by atoms with van der Waals surface area (Å²) in [6.07, 6.45) is 5.20. The number of fused-ring (bicyclic) bond motifs is 1. The van der Waals surface area contributed by atoms with Crippen LogP contribution in [0.4, 0.5) is 0 Å². The maximum atomic E-state index is 6.09. The number of benzene rings is 1. The fourth-order valence-corrected chi connectivity index (χ4v) is 3.55. The third-order valence-electron chi connectivity index (χ3n) is 4.43. The van der Waals surface area contributed by atoms with Crippen LogP contribution < -0.4 is 5.32 Å². The molecule has 2 aromatic rings. The molecule has 0 radical (unpaired) electrons. The predicted octanol–water partition coefficient (Wildman–Crippen LogP) is 4.97. The van der Waals surface area contributed by atoms with Gasteiger partial charge in [0.15, 0.2) is 0 Å². The van der Waals surface area contributed by atoms with E-state index in [0.29, 0.717) is 11.8 Å². The van der Waals surface area contributed by atoms with Crippen molar-refractivity contribution in [1.82, 2.24) is 5.32 Å². The highest BCUT2D eigenvalue weighted by Gasteiger charge is 2.28. The second-order valence-corrected chi connectivity index (χ2v) is 6.23. The summed E-state index contributed by atoms with van der Waals surface area (Å²) >= 11 is 6.06. The minimum Gasteiger partial charge on any atom is -0.461 e. The number of halogens is 1. The van der Waals surface area contributed by atoms with Gasteiger partial charge in [0.25, 0.3) is 0 Å². The Morgan fingerprint density at radius 3 is 2.95 bits per heavy atom. The van der Waals surface area contributed by atoms with Crippen LogP contribution in [-0.4, -0.2) is 13.1 Å². The summed E-state index contributed by atoms with van der Waals surface area (Å²) in [5.41, 5.74) is 0.956. The lowest BCUT2D eigenvalue weighted by Crippen LogP contribution is -2.29. The second-order valence-electron chi connectivity index (χ2n) is 5.79. The standard InChI is InChI=1S/C17H22ClNO/c1-2-19-11-12-5-3-4-6-15(12)17-10-13-9-14(18)7-8-16(13)20-17/h7-10,12,15,19H,2-6,11H2,1H3. The zero-order valence-corrected chi connectivity index (χ0v) is 12.7. The molecule has 1 N–H and O–H groups in total. The van der Waals surface area contributed by atoms with Gasteiger partial charge in [-0.25, -0.2) is 0 Å². The molecule has 0 aliphatic heterocycles. The van der Waals surface area contributed by atoms with Crippen molar-refractivity contribution in [3.63, 3.8) is 0 Å². The number of hydrogen-bond acceptors (Lipinski definition) is 2. The molecule has 0 saturated heterocycles. The molecular weight excluding hydrogens is 270 g/mol. The number of rotatable bonds is 4. The van der Waals surface area contributed by atoms with Crippen LogP contribution in [0.25, 0.3) is 11.0 Å². The average Bonchev–Trinajstić information content (AvgIpc) is 2.88. The van der Waals surface area contributed by atoms with Gasteiger partial charge in [0.05, 0.1) is 0 Å². The molecule has 2 atom stereocenters. The van der Waals surface area contributed by atoms with Crippen LogP contribution in [-0.2, 0) is 0 Å². The maximum Gasteiger partial charge on any atom is 0.134 e. The largest absolute Gasteiger partial charge is 0.461 e. The average molecular weight is 292 g/mol. The van der Waals surface area contributed by atoms with E-state index >= 15 is 0 Å². The van der Waals surface area contributed by atoms with Gasteiger partial charge in [-0.2, -0.15) is 0 Å². The minimum atomic E-state index is 0.550. The van der Waals surface area contributed by atoms with Gasteiger partial charge in [0.1, 0.15) is 11.3 Å². The van der Waals surface area contributed by atoms with Gasteiger partial charge in [-0.15, -0.1) is 0 Å². The summed E-state index contributed by atoms with van der Waals surface area (Å²) in [5, 5.41) is 5.40. The van der Waals surface area contributed by atoms with E-state index in [1.807, 2.05) is 18.2 Å². The zero-order chi connectivity index (χ0) is 13.9. The van der Waals surface area contributed by atoms with E-state index in [4.69, 9.17) is 16.0 Å². The van der Waals surface area contributed by atoms with Crippen LogP contribution in [0, 0.1) is 5.92 Å². The van der Waals surface area contributed by atoms with Crippen molar-refractivity contribution < 1.29 is 4.42 Å². The molecule has 1 aromatic heterocycles. The molecule has 20 heavy (non-hydrogen) atoms. The highest BCUT2D eigenvalue weighted by Crippen LogP contribution is 2.39. The quantitative estimate of drug-likeness (QED) is 0.860. The number of furan rings is 1. The molecule has 1 fully saturated rings. The van der Waals surface area contributed by atoms with Crippen molar-refractivity contribution in [2.75, 3.05) is 13.1 Å². The fraction of sp³-hybridized carbons (Fsp3) is 0.529. The van der Waals surface area contributed by atoms with Crippen molar-refractivity contribution in [3.8, 4) is 0 Å². The van der Waals surface area contributed by atoms with Gasteiger partial charge in [-0.05, 0) is 56.1 Å². The predicted molar refractivity (Wildman–Crippen MR) is 84.5 cm³/mol. The zero-order valence-electron chi connectivity index (χ0n) is 12.0. The Kier molecular flexibility index (Phi) is 4.32. The lowest BCUT2D eigenvalue weighted by molar-refractivity contribution is 0.269. The number of nitrogens with one attached hydrogen (secondary N) is 1. The van der Waals surface area contributed by atoms with Gasteiger partial charge in [-0.1, -0.05) is 31.4 Å². The molecular formula is C17H22ClNO. The van der Waals surface area contributed by atoms with Crippen LogP contribution in [0.3, 0.4) is 0 Å². The summed E-state index contributed by atoms with van der Waals surface area (Å²) < 4.78 is 6.09. The first-order valence-electron chi connectivity index (χ1n) is 7.67. The molecule has 1 aliphatic rings. The summed E-state index contributed by atoms with van der Waals surface area (Å²) in [5.74, 6) is 2.39. The van der Waals surface area contributed by atoms with Crippen LogP contribution in [0.15, 0.2) is 28.7 Å². The fourth-order valence-electron chi connectivity index (χ4n) is 3.37. The van der Waals surface area contributed by atoms with Crippen molar-refractivity contribution in [1.29, 1.82) is 0 Å². The summed E-state index contributed by atoms with van der Waals surface area (Å²) in [4.78, 5) is 0. The van der Waals surface area contributed by atoms with Crippen molar-refractivity contribution >= 4 is 22.6 Å². The van der Waals surface area contributed by atoms with Crippen molar-refractivity contribution in [2.24, 2.45) is 5.92 Å². The molecule has 108 valence electrons. The lowest BCUT2D eigenvalue weighted by atomic mass is 9.78. The summed E-state index contributed by atoms with van der Waals surface area (Å²) in [7, 11) is 0. The van der Waals surface area contributed by atoms with Gasteiger partial charge >= 0.3 is 0 Å². The summed E-state index contributed by atoms with van der Waals surface area (Å²) in [6.45, 7) is 4.30. The molecule has 2 unspecified atom stereocenters. The monoisotopic (exact) mass is 291 g/mol. The molecule has 0 bridgehead atoms.